The van der Waals surface area contributed by atoms with Crippen molar-refractivity contribution in [3.8, 4) is 0 Å². The Morgan fingerprint density at radius 1 is 1.32 bits per heavy atom. The molecule has 0 aromatic rings. The third-order valence-electron chi connectivity index (χ3n) is 4.14. The fourth-order valence-electron chi connectivity index (χ4n) is 3.02. The molecule has 1 atom stereocenters. The molecule has 2 heterocycles. The van der Waals surface area contributed by atoms with E-state index in [2.05, 4.69) is 24.0 Å². The van der Waals surface area contributed by atoms with E-state index in [-0.39, 0.29) is 5.60 Å². The Morgan fingerprint density at radius 2 is 2.16 bits per heavy atom. The Bertz CT molecular complexity index is 239. The highest BCUT2D eigenvalue weighted by Gasteiger charge is 2.38. The second-order valence-electron chi connectivity index (χ2n) is 5.75. The standard InChI is InChI=1S/C15H29NO2S/c1-2-8-17-9-3-7-16-14-4-10-18-15(13-14)5-11-19-12-6-15/h14,16H,2-13H2,1H3. The fraction of sp³-hybridized carbons (Fsp3) is 1.00. The summed E-state index contributed by atoms with van der Waals surface area (Å²) < 4.78 is 11.6. The quantitative estimate of drug-likeness (QED) is 0.729. The highest BCUT2D eigenvalue weighted by Crippen LogP contribution is 2.37. The highest BCUT2D eigenvalue weighted by molar-refractivity contribution is 7.99. The van der Waals surface area contributed by atoms with Crippen molar-refractivity contribution < 1.29 is 9.47 Å². The van der Waals surface area contributed by atoms with Gasteiger partial charge in [0.25, 0.3) is 0 Å². The molecule has 0 saturated carbocycles. The van der Waals surface area contributed by atoms with Crippen LogP contribution in [0.4, 0.5) is 0 Å². The molecule has 2 rings (SSSR count). The Labute approximate surface area is 122 Å². The number of nitrogens with one attached hydrogen (secondary N) is 1. The van der Waals surface area contributed by atoms with Gasteiger partial charge in [-0.15, -0.1) is 0 Å². The first-order chi connectivity index (χ1) is 9.35. The summed E-state index contributed by atoms with van der Waals surface area (Å²) in [5, 5.41) is 3.70. The van der Waals surface area contributed by atoms with Gasteiger partial charge in [0.15, 0.2) is 0 Å². The van der Waals surface area contributed by atoms with Gasteiger partial charge in [0.05, 0.1) is 5.60 Å². The summed E-state index contributed by atoms with van der Waals surface area (Å²) in [6.07, 6.45) is 7.12. The zero-order valence-electron chi connectivity index (χ0n) is 12.3. The van der Waals surface area contributed by atoms with Crippen molar-refractivity contribution in [3.05, 3.63) is 0 Å². The van der Waals surface area contributed by atoms with Crippen molar-refractivity contribution in [1.82, 2.24) is 5.32 Å². The fourth-order valence-corrected chi connectivity index (χ4v) is 4.26. The Balaban J connectivity index is 1.61. The molecule has 4 heteroatoms. The molecule has 2 saturated heterocycles. The number of ether oxygens (including phenoxy) is 2. The molecule has 0 aromatic carbocycles. The average molecular weight is 287 g/mol. The van der Waals surface area contributed by atoms with Crippen LogP contribution in [-0.2, 0) is 9.47 Å². The van der Waals surface area contributed by atoms with Crippen LogP contribution in [-0.4, -0.2) is 49.5 Å². The summed E-state index contributed by atoms with van der Waals surface area (Å²) in [4.78, 5) is 0. The van der Waals surface area contributed by atoms with Crippen LogP contribution in [0, 0.1) is 0 Å². The molecule has 0 aromatic heterocycles. The lowest BCUT2D eigenvalue weighted by Gasteiger charge is -2.43. The number of hydrogen-bond acceptors (Lipinski definition) is 4. The largest absolute Gasteiger partial charge is 0.381 e. The molecule has 0 radical (unpaired) electrons. The van der Waals surface area contributed by atoms with E-state index in [1.807, 2.05) is 0 Å². The van der Waals surface area contributed by atoms with E-state index in [0.717, 1.165) is 39.2 Å². The lowest BCUT2D eigenvalue weighted by atomic mass is 9.85. The molecule has 2 fully saturated rings. The van der Waals surface area contributed by atoms with Crippen molar-refractivity contribution >= 4 is 11.8 Å². The van der Waals surface area contributed by atoms with Crippen molar-refractivity contribution in [2.45, 2.75) is 57.1 Å². The smallest absolute Gasteiger partial charge is 0.0713 e. The molecule has 0 bridgehead atoms. The second-order valence-corrected chi connectivity index (χ2v) is 6.98. The summed E-state index contributed by atoms with van der Waals surface area (Å²) in [6.45, 7) is 5.97. The van der Waals surface area contributed by atoms with E-state index in [0.29, 0.717) is 6.04 Å². The summed E-state index contributed by atoms with van der Waals surface area (Å²) in [7, 11) is 0. The zero-order chi connectivity index (χ0) is 13.4. The Kier molecular flexibility index (Phi) is 6.99. The number of hydrogen-bond donors (Lipinski definition) is 1. The summed E-state index contributed by atoms with van der Waals surface area (Å²) in [6, 6.07) is 0.656. The summed E-state index contributed by atoms with van der Waals surface area (Å²) >= 11 is 2.08. The number of rotatable bonds is 7. The third kappa shape index (κ3) is 5.25. The van der Waals surface area contributed by atoms with Gasteiger partial charge in [0.2, 0.25) is 0 Å². The monoisotopic (exact) mass is 287 g/mol. The van der Waals surface area contributed by atoms with Crippen LogP contribution in [0.1, 0.15) is 45.4 Å². The highest BCUT2D eigenvalue weighted by atomic mass is 32.2. The van der Waals surface area contributed by atoms with E-state index >= 15 is 0 Å². The minimum atomic E-state index is 0.208. The first-order valence-electron chi connectivity index (χ1n) is 7.87. The van der Waals surface area contributed by atoms with E-state index < -0.39 is 0 Å². The van der Waals surface area contributed by atoms with Gasteiger partial charge in [-0.3, -0.25) is 0 Å². The van der Waals surface area contributed by atoms with Crippen LogP contribution in [0.3, 0.4) is 0 Å². The molecule has 0 aliphatic carbocycles. The van der Waals surface area contributed by atoms with Gasteiger partial charge in [0, 0.05) is 25.9 Å². The lowest BCUT2D eigenvalue weighted by Crippen LogP contribution is -2.49. The van der Waals surface area contributed by atoms with Crippen molar-refractivity contribution in [2.24, 2.45) is 0 Å². The van der Waals surface area contributed by atoms with E-state index in [9.17, 15) is 0 Å². The molecule has 2 aliphatic rings. The van der Waals surface area contributed by atoms with Gasteiger partial charge in [0.1, 0.15) is 0 Å². The van der Waals surface area contributed by atoms with Gasteiger partial charge in [-0.25, -0.2) is 0 Å². The van der Waals surface area contributed by atoms with Crippen LogP contribution in [0.25, 0.3) is 0 Å². The summed E-state index contributed by atoms with van der Waals surface area (Å²) in [5.41, 5.74) is 0.208. The van der Waals surface area contributed by atoms with Crippen molar-refractivity contribution in [1.29, 1.82) is 0 Å². The second kappa shape index (κ2) is 8.50. The summed E-state index contributed by atoms with van der Waals surface area (Å²) in [5.74, 6) is 2.55. The maximum absolute atomic E-state index is 6.12. The first kappa shape index (κ1) is 15.6. The van der Waals surface area contributed by atoms with Crippen LogP contribution >= 0.6 is 11.8 Å². The molecule has 0 amide bonds. The maximum atomic E-state index is 6.12. The van der Waals surface area contributed by atoms with Gasteiger partial charge < -0.3 is 14.8 Å². The van der Waals surface area contributed by atoms with Gasteiger partial charge in [-0.1, -0.05) is 6.92 Å². The maximum Gasteiger partial charge on any atom is 0.0713 e. The molecule has 3 nitrogen and oxygen atoms in total. The van der Waals surface area contributed by atoms with Crippen molar-refractivity contribution in [3.63, 3.8) is 0 Å². The molecule has 1 spiro atoms. The van der Waals surface area contributed by atoms with E-state index in [1.54, 1.807) is 0 Å². The number of thioether (sulfide) groups is 1. The van der Waals surface area contributed by atoms with Gasteiger partial charge >= 0.3 is 0 Å². The minimum Gasteiger partial charge on any atom is -0.381 e. The Hall–Kier alpha value is 0.230. The normalized spacial score (nSPS) is 26.7. The SMILES string of the molecule is CCCOCCCNC1CCOC2(CCSCC2)C1. The van der Waals surface area contributed by atoms with E-state index in [1.165, 1.54) is 37.2 Å². The molecule has 1 N–H and O–H groups in total. The molecule has 2 aliphatic heterocycles. The van der Waals surface area contributed by atoms with Crippen LogP contribution in [0.15, 0.2) is 0 Å². The van der Waals surface area contributed by atoms with Crippen LogP contribution in [0.2, 0.25) is 0 Å². The molecule has 19 heavy (non-hydrogen) atoms. The topological polar surface area (TPSA) is 30.5 Å². The predicted molar refractivity (Wildman–Crippen MR) is 82.0 cm³/mol. The molecular weight excluding hydrogens is 258 g/mol. The molecule has 112 valence electrons. The lowest BCUT2D eigenvalue weighted by molar-refractivity contribution is -0.0931. The third-order valence-corrected chi connectivity index (χ3v) is 5.13. The average Bonchev–Trinajstić information content (AvgIpc) is 2.44. The Morgan fingerprint density at radius 3 is 2.95 bits per heavy atom. The minimum absolute atomic E-state index is 0.208. The molecule has 1 unspecified atom stereocenters. The van der Waals surface area contributed by atoms with Crippen LogP contribution in [0.5, 0.6) is 0 Å². The van der Waals surface area contributed by atoms with E-state index in [4.69, 9.17) is 9.47 Å². The first-order valence-corrected chi connectivity index (χ1v) is 9.03. The van der Waals surface area contributed by atoms with Gasteiger partial charge in [-0.2, -0.15) is 11.8 Å². The zero-order valence-corrected chi connectivity index (χ0v) is 13.1. The molecular formula is C15H29NO2S. The predicted octanol–water partition coefficient (Wildman–Crippen LogP) is 2.84. The van der Waals surface area contributed by atoms with Crippen LogP contribution < -0.4 is 5.32 Å². The van der Waals surface area contributed by atoms with Gasteiger partial charge in [-0.05, 0) is 56.6 Å². The van der Waals surface area contributed by atoms with Crippen molar-refractivity contribution in [2.75, 3.05) is 37.9 Å².